The summed E-state index contributed by atoms with van der Waals surface area (Å²) in [5, 5.41) is 3.38. The number of hydrogen-bond donors (Lipinski definition) is 1. The number of carbonyl (C=O) groups is 1. The summed E-state index contributed by atoms with van der Waals surface area (Å²) in [7, 11) is -0.0143. The van der Waals surface area contributed by atoms with E-state index < -0.39 is 15.9 Å². The molecule has 1 N–H and O–H groups in total. The lowest BCUT2D eigenvalue weighted by atomic mass is 10.2. The number of carbonyl (C=O) groups excluding carboxylic acids is 1. The minimum Gasteiger partial charge on any atom is -0.484 e. The van der Waals surface area contributed by atoms with Crippen LogP contribution in [0.2, 0.25) is 5.02 Å². The zero-order valence-corrected chi connectivity index (χ0v) is 19.5. The van der Waals surface area contributed by atoms with Gasteiger partial charge in [-0.25, -0.2) is 8.42 Å². The van der Waals surface area contributed by atoms with Crippen LogP contribution in [-0.4, -0.2) is 52.4 Å². The molecule has 0 aromatic heterocycles. The predicted molar refractivity (Wildman–Crippen MR) is 121 cm³/mol. The van der Waals surface area contributed by atoms with Crippen molar-refractivity contribution in [2.45, 2.75) is 25.7 Å². The molecule has 0 bridgehead atoms. The third kappa shape index (κ3) is 5.65. The average Bonchev–Trinajstić information content (AvgIpc) is 2.69. The molecule has 0 heterocycles. The van der Waals surface area contributed by atoms with E-state index >= 15 is 0 Å². The third-order valence-corrected chi connectivity index (χ3v) is 7.04. The second-order valence-electron chi connectivity index (χ2n) is 6.91. The first-order valence-corrected chi connectivity index (χ1v) is 11.4. The largest absolute Gasteiger partial charge is 0.484 e. The summed E-state index contributed by atoms with van der Waals surface area (Å²) >= 11 is 6.00. The average molecular weight is 454 g/mol. The Morgan fingerprint density at radius 1 is 1.10 bits per heavy atom. The van der Waals surface area contributed by atoms with Gasteiger partial charge in [0, 0.05) is 32.2 Å². The van der Waals surface area contributed by atoms with Crippen molar-refractivity contribution in [3.63, 3.8) is 0 Å². The van der Waals surface area contributed by atoms with Crippen molar-refractivity contribution in [1.29, 1.82) is 0 Å². The van der Waals surface area contributed by atoms with Gasteiger partial charge in [-0.3, -0.25) is 4.79 Å². The number of benzene rings is 2. The Kier molecular flexibility index (Phi) is 8.11. The molecule has 0 unspecified atom stereocenters. The topological polar surface area (TPSA) is 79.0 Å². The summed E-state index contributed by atoms with van der Waals surface area (Å²) in [4.78, 5) is 14.4. The maximum Gasteiger partial charge on any atom is 0.262 e. The van der Waals surface area contributed by atoms with Crippen LogP contribution in [0.25, 0.3) is 0 Å². The fourth-order valence-corrected chi connectivity index (χ4v) is 4.52. The molecule has 0 radical (unpaired) electrons. The number of anilines is 2. The van der Waals surface area contributed by atoms with Crippen molar-refractivity contribution in [2.75, 3.05) is 44.0 Å². The molecule has 0 fully saturated rings. The Bertz CT molecular complexity index is 1010. The first-order chi connectivity index (χ1) is 14.1. The molecule has 0 aliphatic heterocycles. The second-order valence-corrected chi connectivity index (χ2v) is 9.26. The van der Waals surface area contributed by atoms with Crippen LogP contribution in [-0.2, 0) is 14.8 Å². The van der Waals surface area contributed by atoms with Crippen LogP contribution in [0.1, 0.15) is 19.4 Å². The number of hydrogen-bond acceptors (Lipinski definition) is 5. The summed E-state index contributed by atoms with van der Waals surface area (Å²) in [6.07, 6.45) is 0. The highest BCUT2D eigenvalue weighted by atomic mass is 35.5. The van der Waals surface area contributed by atoms with E-state index in [4.69, 9.17) is 16.3 Å². The van der Waals surface area contributed by atoms with Crippen LogP contribution in [0, 0.1) is 6.92 Å². The van der Waals surface area contributed by atoms with E-state index in [1.165, 1.54) is 10.4 Å². The van der Waals surface area contributed by atoms with Crippen molar-refractivity contribution < 1.29 is 17.9 Å². The number of aryl methyl sites for hydroxylation is 1. The summed E-state index contributed by atoms with van der Waals surface area (Å²) in [5.41, 5.74) is 1.93. The van der Waals surface area contributed by atoms with Gasteiger partial charge in [-0.1, -0.05) is 25.4 Å². The van der Waals surface area contributed by atoms with E-state index in [9.17, 15) is 13.2 Å². The smallest absolute Gasteiger partial charge is 0.262 e. The zero-order valence-electron chi connectivity index (χ0n) is 17.9. The van der Waals surface area contributed by atoms with E-state index in [2.05, 4.69) is 5.32 Å². The van der Waals surface area contributed by atoms with Crippen LogP contribution in [0.3, 0.4) is 0 Å². The fraction of sp³-hybridized carbons (Fsp3) is 0.381. The van der Waals surface area contributed by atoms with Gasteiger partial charge in [0.1, 0.15) is 5.75 Å². The number of nitrogens with zero attached hydrogens (tertiary/aromatic N) is 2. The maximum atomic E-state index is 12.8. The quantitative estimate of drug-likeness (QED) is 0.625. The highest BCUT2D eigenvalue weighted by Crippen LogP contribution is 2.29. The number of rotatable bonds is 9. The van der Waals surface area contributed by atoms with Gasteiger partial charge in [-0.05, 0) is 48.9 Å². The molecule has 30 heavy (non-hydrogen) atoms. The predicted octanol–water partition coefficient (Wildman–Crippen LogP) is 3.76. The van der Waals surface area contributed by atoms with Crippen LogP contribution in [0.5, 0.6) is 5.75 Å². The fourth-order valence-electron chi connectivity index (χ4n) is 2.92. The van der Waals surface area contributed by atoms with Crippen molar-refractivity contribution in [3.8, 4) is 5.75 Å². The van der Waals surface area contributed by atoms with Gasteiger partial charge >= 0.3 is 0 Å². The first kappa shape index (κ1) is 24.0. The molecular formula is C21H28ClN3O4S. The van der Waals surface area contributed by atoms with Crippen molar-refractivity contribution in [3.05, 3.63) is 47.0 Å². The molecule has 9 heteroatoms. The van der Waals surface area contributed by atoms with E-state index in [0.717, 1.165) is 5.56 Å². The summed E-state index contributed by atoms with van der Waals surface area (Å²) in [6, 6.07) is 9.84. The van der Waals surface area contributed by atoms with E-state index in [0.29, 0.717) is 35.2 Å². The third-order valence-electron chi connectivity index (χ3n) is 4.57. The summed E-state index contributed by atoms with van der Waals surface area (Å²) in [6.45, 7) is 5.93. The molecule has 0 aliphatic carbocycles. The molecular weight excluding hydrogens is 426 g/mol. The van der Waals surface area contributed by atoms with Gasteiger partial charge in [0.25, 0.3) is 5.91 Å². The standard InChI is InChI=1S/C21H28ClN3O4S/c1-6-25(7-2)30(27,28)17-9-11-20(24(4)5)19(13-17)23-21(26)14-29-16-8-10-18(22)15(3)12-16/h8-13H,6-7,14H2,1-5H3,(H,23,26). The van der Waals surface area contributed by atoms with Crippen LogP contribution in [0.4, 0.5) is 11.4 Å². The van der Waals surface area contributed by atoms with E-state index in [1.807, 2.05) is 21.0 Å². The molecule has 0 saturated carbocycles. The van der Waals surface area contributed by atoms with Crippen molar-refractivity contribution in [2.24, 2.45) is 0 Å². The van der Waals surface area contributed by atoms with Gasteiger partial charge < -0.3 is 15.0 Å². The number of nitrogens with one attached hydrogen (secondary N) is 1. The number of sulfonamides is 1. The molecule has 1 amide bonds. The minimum absolute atomic E-state index is 0.126. The second kappa shape index (κ2) is 10.1. The maximum absolute atomic E-state index is 12.8. The van der Waals surface area contributed by atoms with Gasteiger partial charge in [0.15, 0.2) is 6.61 Å². The number of halogens is 1. The first-order valence-electron chi connectivity index (χ1n) is 9.60. The van der Waals surface area contributed by atoms with Crippen LogP contribution in [0.15, 0.2) is 41.3 Å². The van der Waals surface area contributed by atoms with Gasteiger partial charge in [-0.15, -0.1) is 0 Å². The van der Waals surface area contributed by atoms with Gasteiger partial charge in [0.2, 0.25) is 10.0 Å². The molecule has 2 aromatic rings. The van der Waals surface area contributed by atoms with Gasteiger partial charge in [-0.2, -0.15) is 4.31 Å². The highest BCUT2D eigenvalue weighted by Gasteiger charge is 2.23. The Balaban J connectivity index is 2.23. The molecule has 0 spiro atoms. The molecule has 0 aliphatic rings. The van der Waals surface area contributed by atoms with Gasteiger partial charge in [0.05, 0.1) is 16.3 Å². The minimum atomic E-state index is -3.65. The normalized spacial score (nSPS) is 11.4. The monoisotopic (exact) mass is 453 g/mol. The Hall–Kier alpha value is -2.29. The molecule has 0 saturated heterocycles. The molecule has 2 rings (SSSR count). The molecule has 7 nitrogen and oxygen atoms in total. The molecule has 164 valence electrons. The Morgan fingerprint density at radius 2 is 1.77 bits per heavy atom. The highest BCUT2D eigenvalue weighted by molar-refractivity contribution is 7.89. The van der Waals surface area contributed by atoms with E-state index in [1.54, 1.807) is 49.1 Å². The van der Waals surface area contributed by atoms with Crippen molar-refractivity contribution >= 4 is 38.9 Å². The summed E-state index contributed by atoms with van der Waals surface area (Å²) < 4.78 is 32.6. The number of amides is 1. The Morgan fingerprint density at radius 3 is 2.33 bits per heavy atom. The zero-order chi connectivity index (χ0) is 22.5. The molecule has 2 aromatic carbocycles. The lowest BCUT2D eigenvalue weighted by molar-refractivity contribution is -0.118. The lowest BCUT2D eigenvalue weighted by Gasteiger charge is -2.22. The van der Waals surface area contributed by atoms with Crippen molar-refractivity contribution in [1.82, 2.24) is 4.31 Å². The Labute approximate surface area is 183 Å². The lowest BCUT2D eigenvalue weighted by Crippen LogP contribution is -2.31. The number of ether oxygens (including phenoxy) is 1. The van der Waals surface area contributed by atoms with Crippen LogP contribution >= 0.6 is 11.6 Å². The molecule has 0 atom stereocenters. The van der Waals surface area contributed by atoms with E-state index in [-0.39, 0.29) is 11.5 Å². The SMILES string of the molecule is CCN(CC)S(=O)(=O)c1ccc(N(C)C)c(NC(=O)COc2ccc(Cl)c(C)c2)c1. The summed E-state index contributed by atoms with van der Waals surface area (Å²) in [5.74, 6) is 0.126. The van der Waals surface area contributed by atoms with Crippen LogP contribution < -0.4 is 15.0 Å².